The maximum absolute atomic E-state index is 15.5. The number of thiocarbonyl (C=S) groups is 1. The van der Waals surface area contributed by atoms with Gasteiger partial charge in [0, 0.05) is 48.3 Å². The molecule has 13 nitrogen and oxygen atoms in total. The summed E-state index contributed by atoms with van der Waals surface area (Å²) in [5.41, 5.74) is 0.183. The van der Waals surface area contributed by atoms with E-state index in [-0.39, 0.29) is 47.0 Å². The first-order valence-corrected chi connectivity index (χ1v) is 20.6. The van der Waals surface area contributed by atoms with Crippen molar-refractivity contribution in [1.29, 1.82) is 5.26 Å². The van der Waals surface area contributed by atoms with E-state index < -0.39 is 52.2 Å². The number of unbranched alkanes of at least 4 members (excludes halogenated alkanes) is 2. The van der Waals surface area contributed by atoms with Gasteiger partial charge in [-0.1, -0.05) is 12.1 Å². The van der Waals surface area contributed by atoms with Crippen LogP contribution in [0.15, 0.2) is 84.1 Å². The molecule has 0 spiro atoms. The molecule has 2 amide bonds. The van der Waals surface area contributed by atoms with Crippen LogP contribution >= 0.6 is 12.2 Å². The van der Waals surface area contributed by atoms with Crippen LogP contribution in [0.5, 0.6) is 0 Å². The average molecular weight is 895 g/mol. The topological polar surface area (TPSA) is 161 Å². The highest BCUT2D eigenvalue weighted by atomic mass is 32.1. The quantitative estimate of drug-likeness (QED) is 0.0640. The molecule has 0 saturated carbocycles. The van der Waals surface area contributed by atoms with Gasteiger partial charge in [0.25, 0.3) is 11.8 Å². The van der Waals surface area contributed by atoms with E-state index >= 15 is 4.39 Å². The van der Waals surface area contributed by atoms with Gasteiger partial charge in [-0.25, -0.2) is 13.8 Å². The first kappa shape index (κ1) is 43.6. The Balaban J connectivity index is 0.841. The molecule has 2 atom stereocenters. The van der Waals surface area contributed by atoms with Gasteiger partial charge in [0.2, 0.25) is 0 Å². The number of aliphatic imine (C=N–C) groups is 1. The van der Waals surface area contributed by atoms with Gasteiger partial charge >= 0.3 is 6.18 Å². The van der Waals surface area contributed by atoms with Crippen molar-refractivity contribution in [2.75, 3.05) is 40.1 Å². The van der Waals surface area contributed by atoms with Gasteiger partial charge < -0.3 is 20.9 Å². The Hall–Kier alpha value is -7.07. The van der Waals surface area contributed by atoms with Crippen molar-refractivity contribution < 1.29 is 36.3 Å². The number of benzene rings is 4. The van der Waals surface area contributed by atoms with Crippen LogP contribution in [-0.4, -0.2) is 68.4 Å². The molecular formula is C45H39F5N10O3S. The van der Waals surface area contributed by atoms with Gasteiger partial charge in [-0.15, -0.1) is 0 Å². The number of alkyl halides is 3. The van der Waals surface area contributed by atoms with Crippen LogP contribution in [-0.2, 0) is 18.0 Å². The van der Waals surface area contributed by atoms with E-state index in [4.69, 9.17) is 12.2 Å². The number of nitrogens with one attached hydrogen (secondary N) is 3. The number of carbonyl (C=O) groups is 3. The van der Waals surface area contributed by atoms with Crippen molar-refractivity contribution in [3.8, 4) is 6.07 Å². The molecule has 3 aliphatic rings. The van der Waals surface area contributed by atoms with Crippen LogP contribution in [0.4, 0.5) is 44.7 Å². The number of ketones is 1. The van der Waals surface area contributed by atoms with Gasteiger partial charge in [-0.3, -0.25) is 29.0 Å². The van der Waals surface area contributed by atoms with Gasteiger partial charge in [0.1, 0.15) is 35.9 Å². The fraction of sp³-hybridized carbons (Fsp3) is 0.289. The molecule has 0 bridgehead atoms. The van der Waals surface area contributed by atoms with Crippen LogP contribution in [0, 0.1) is 23.0 Å². The summed E-state index contributed by atoms with van der Waals surface area (Å²) >= 11 is 5.54. The number of Topliss-reactive ketones (excluding diaryl/α,β-unsaturated/α-hetero) is 1. The number of halogens is 5. The summed E-state index contributed by atoms with van der Waals surface area (Å²) in [6, 6.07) is 18.1. The summed E-state index contributed by atoms with van der Waals surface area (Å²) in [5, 5.41) is 22.8. The lowest BCUT2D eigenvalue weighted by Gasteiger charge is -2.37. The Bertz CT molecular complexity index is 2800. The Morgan fingerprint density at radius 1 is 0.984 bits per heavy atom. The third-order valence-electron chi connectivity index (χ3n) is 11.6. The maximum atomic E-state index is 15.5. The van der Waals surface area contributed by atoms with E-state index in [0.717, 1.165) is 41.1 Å². The average Bonchev–Trinajstić information content (AvgIpc) is 3.75. The molecule has 0 radical (unpaired) electrons. The second kappa shape index (κ2) is 16.9. The van der Waals surface area contributed by atoms with E-state index in [9.17, 15) is 37.2 Å². The zero-order valence-corrected chi connectivity index (χ0v) is 35.4. The first-order chi connectivity index (χ1) is 30.5. The molecule has 1 fully saturated rings. The van der Waals surface area contributed by atoms with Crippen LogP contribution in [0.3, 0.4) is 0 Å². The molecule has 0 unspecified atom stereocenters. The summed E-state index contributed by atoms with van der Waals surface area (Å²) in [6.45, 7) is 3.81. The van der Waals surface area contributed by atoms with Gasteiger partial charge in [0.15, 0.2) is 10.9 Å². The number of rotatable bonds is 12. The zero-order valence-electron chi connectivity index (χ0n) is 34.6. The lowest BCUT2D eigenvalue weighted by Crippen LogP contribution is -2.44. The summed E-state index contributed by atoms with van der Waals surface area (Å²) in [4.78, 5) is 50.6. The molecular weight excluding hydrogens is 856 g/mol. The Labute approximate surface area is 369 Å². The molecule has 1 aromatic heterocycles. The van der Waals surface area contributed by atoms with Crippen molar-refractivity contribution in [3.05, 3.63) is 130 Å². The Morgan fingerprint density at radius 3 is 2.41 bits per heavy atom. The smallest absolute Gasteiger partial charge is 0.385 e. The number of amides is 2. The summed E-state index contributed by atoms with van der Waals surface area (Å²) < 4.78 is 73.0. The summed E-state index contributed by atoms with van der Waals surface area (Å²) in [5.74, 6) is -2.73. The number of nitriles is 1. The molecule has 328 valence electrons. The first-order valence-electron chi connectivity index (χ1n) is 20.2. The molecule has 8 rings (SSSR count). The summed E-state index contributed by atoms with van der Waals surface area (Å²) in [6.07, 6.45) is -1.28. The monoisotopic (exact) mass is 894 g/mol. The van der Waals surface area contributed by atoms with Crippen molar-refractivity contribution in [1.82, 2.24) is 20.1 Å². The highest BCUT2D eigenvalue weighted by molar-refractivity contribution is 7.81. The second-order valence-electron chi connectivity index (χ2n) is 16.0. The highest BCUT2D eigenvalue weighted by Crippen LogP contribution is 2.45. The van der Waals surface area contributed by atoms with E-state index in [0.29, 0.717) is 47.4 Å². The number of aryl methyl sites for hydroxylation is 1. The second-order valence-corrected chi connectivity index (χ2v) is 16.4. The van der Waals surface area contributed by atoms with Gasteiger partial charge in [-0.2, -0.15) is 23.5 Å². The number of nitrogens with zero attached hydrogens (tertiary/aromatic N) is 7. The largest absolute Gasteiger partial charge is 0.417 e. The normalized spacial score (nSPS) is 17.7. The van der Waals surface area contributed by atoms with E-state index in [1.165, 1.54) is 61.5 Å². The van der Waals surface area contributed by atoms with Crippen molar-refractivity contribution in [3.63, 3.8) is 0 Å². The Morgan fingerprint density at radius 2 is 1.72 bits per heavy atom. The molecule has 19 heteroatoms. The SMILES string of the molecule is Cn1ncnc1[C@H]1C2=NCC(=O)c3cc(F)cc(c32)N[C@@H]1c1ccc(NCCCCCNC(=O)c2ccc(N3C(=S)N(c4ccc(C#N)c(C(F)(F)F)c4)C(=O)C3(C)C)cc2F)cc1. The minimum absolute atomic E-state index is 0.0821. The van der Waals surface area contributed by atoms with Crippen LogP contribution < -0.4 is 25.8 Å². The third-order valence-corrected chi connectivity index (χ3v) is 11.9. The molecule has 5 aromatic rings. The fourth-order valence-corrected chi connectivity index (χ4v) is 8.91. The number of anilines is 4. The minimum Gasteiger partial charge on any atom is -0.385 e. The van der Waals surface area contributed by atoms with E-state index in [1.54, 1.807) is 11.7 Å². The standard InChI is InChI=1S/C45H39F5N10O3S/c1-44(2)42(63)59(28-12-9-25(21-51)32(19-28)45(48,49)50)43(64)60(44)29-13-14-30(33(47)20-29)41(62)53-16-6-4-5-15-52-27-10-7-24(8-11-27)38-37(40-55-23-56-58(40)3)39-36-31(35(61)22-54-39)17-26(46)18-34(36)57-38/h7-14,17-20,23,37-38,52,57H,4-6,15-16,22H2,1-3H3,(H,53,62)/t37-,38-/m1/s1. The van der Waals surface area contributed by atoms with Crippen molar-refractivity contribution in [2.45, 2.75) is 56.8 Å². The predicted octanol–water partition coefficient (Wildman–Crippen LogP) is 7.85. The number of hydrogen-bond donors (Lipinski definition) is 3. The molecule has 3 aliphatic heterocycles. The van der Waals surface area contributed by atoms with E-state index in [1.807, 2.05) is 24.3 Å². The van der Waals surface area contributed by atoms with Crippen LogP contribution in [0.25, 0.3) is 0 Å². The lowest BCUT2D eigenvalue weighted by molar-refractivity contribution is -0.137. The Kier molecular flexibility index (Phi) is 11.5. The molecule has 4 heterocycles. The van der Waals surface area contributed by atoms with Crippen molar-refractivity contribution >= 4 is 63.4 Å². The number of carbonyl (C=O) groups excluding carboxylic acids is 3. The molecule has 1 saturated heterocycles. The van der Waals surface area contributed by atoms with Gasteiger partial charge in [0.05, 0.1) is 46.1 Å². The number of hydrogen-bond acceptors (Lipinski definition) is 10. The van der Waals surface area contributed by atoms with Crippen LogP contribution in [0.1, 0.15) is 93.9 Å². The molecule has 4 aromatic carbocycles. The molecule has 3 N–H and O–H groups in total. The zero-order chi connectivity index (χ0) is 45.7. The highest BCUT2D eigenvalue weighted by Gasteiger charge is 2.51. The number of aromatic nitrogens is 3. The maximum Gasteiger partial charge on any atom is 0.417 e. The molecule has 0 aliphatic carbocycles. The van der Waals surface area contributed by atoms with Crippen LogP contribution in [0.2, 0.25) is 0 Å². The van der Waals surface area contributed by atoms with Gasteiger partial charge in [-0.05, 0) is 112 Å². The van der Waals surface area contributed by atoms with E-state index in [2.05, 4.69) is 31.0 Å². The molecule has 64 heavy (non-hydrogen) atoms. The minimum atomic E-state index is -4.87. The lowest BCUT2D eigenvalue weighted by atomic mass is 9.78. The summed E-state index contributed by atoms with van der Waals surface area (Å²) in [7, 11) is 1.79. The fourth-order valence-electron chi connectivity index (χ4n) is 8.39. The van der Waals surface area contributed by atoms with Crippen molar-refractivity contribution in [2.24, 2.45) is 12.0 Å². The predicted molar refractivity (Wildman–Crippen MR) is 233 cm³/mol. The third kappa shape index (κ3) is 7.93.